The lowest BCUT2D eigenvalue weighted by Crippen LogP contribution is -2.02. The van der Waals surface area contributed by atoms with E-state index in [1.165, 1.54) is 11.3 Å². The molecule has 2 rings (SSSR count). The van der Waals surface area contributed by atoms with E-state index in [9.17, 15) is 9.90 Å². The molecule has 4 nitrogen and oxygen atoms in total. The van der Waals surface area contributed by atoms with Crippen molar-refractivity contribution in [3.8, 4) is 5.75 Å². The van der Waals surface area contributed by atoms with Gasteiger partial charge >= 0.3 is 5.97 Å². The van der Waals surface area contributed by atoms with Gasteiger partial charge in [0.1, 0.15) is 17.2 Å². The van der Waals surface area contributed by atoms with Crippen molar-refractivity contribution in [1.82, 2.24) is 0 Å². The summed E-state index contributed by atoms with van der Waals surface area (Å²) in [6.07, 6.45) is 1.21. The van der Waals surface area contributed by atoms with E-state index < -0.39 is 12.1 Å². The van der Waals surface area contributed by atoms with Gasteiger partial charge in [0, 0.05) is 5.56 Å². The van der Waals surface area contributed by atoms with Gasteiger partial charge in [-0.25, -0.2) is 4.79 Å². The molecule has 0 spiro atoms. The number of hydrogen-bond acceptors (Lipinski definition) is 4. The molecule has 1 aromatic heterocycles. The summed E-state index contributed by atoms with van der Waals surface area (Å²) in [5.41, 5.74) is 1.54. The first-order valence-electron chi connectivity index (χ1n) is 6.82. The molecule has 0 aliphatic heterocycles. The van der Waals surface area contributed by atoms with Crippen molar-refractivity contribution < 1.29 is 19.7 Å². The smallest absolute Gasteiger partial charge is 0.346 e. The molecule has 0 fully saturated rings. The van der Waals surface area contributed by atoms with E-state index in [1.807, 2.05) is 19.1 Å². The number of aromatic carboxylic acids is 1. The molecule has 0 aliphatic carbocycles. The summed E-state index contributed by atoms with van der Waals surface area (Å²) in [7, 11) is 0. The van der Waals surface area contributed by atoms with E-state index in [0.717, 1.165) is 18.4 Å². The highest BCUT2D eigenvalue weighted by Gasteiger charge is 2.12. The van der Waals surface area contributed by atoms with E-state index in [2.05, 4.69) is 0 Å². The quantitative estimate of drug-likeness (QED) is 0.815. The van der Waals surface area contributed by atoms with E-state index in [-0.39, 0.29) is 6.61 Å². The molecule has 21 heavy (non-hydrogen) atoms. The lowest BCUT2D eigenvalue weighted by atomic mass is 10.1. The van der Waals surface area contributed by atoms with Crippen molar-refractivity contribution in [2.75, 3.05) is 0 Å². The Morgan fingerprint density at radius 2 is 2.00 bits per heavy atom. The van der Waals surface area contributed by atoms with Gasteiger partial charge in [-0.3, -0.25) is 0 Å². The van der Waals surface area contributed by atoms with Crippen molar-refractivity contribution in [3.05, 3.63) is 51.7 Å². The molecule has 1 atom stereocenters. The van der Waals surface area contributed by atoms with Crippen molar-refractivity contribution in [3.63, 3.8) is 0 Å². The number of hydrogen-bond donors (Lipinski definition) is 2. The maximum atomic E-state index is 11.0. The second-order valence-electron chi connectivity index (χ2n) is 4.74. The largest absolute Gasteiger partial charge is 0.489 e. The summed E-state index contributed by atoms with van der Waals surface area (Å²) in [4.78, 5) is 11.3. The predicted octanol–water partition coefficient (Wildman–Crippen LogP) is 3.86. The van der Waals surface area contributed by atoms with Crippen LogP contribution in [0.2, 0.25) is 0 Å². The maximum absolute atomic E-state index is 11.0. The highest BCUT2D eigenvalue weighted by Crippen LogP contribution is 2.23. The Balaban J connectivity index is 1.97. The summed E-state index contributed by atoms with van der Waals surface area (Å²) in [5, 5.41) is 20.7. The molecule has 0 aliphatic rings. The number of benzene rings is 1. The van der Waals surface area contributed by atoms with Gasteiger partial charge in [-0.15, -0.1) is 11.3 Å². The van der Waals surface area contributed by atoms with Gasteiger partial charge < -0.3 is 14.9 Å². The van der Waals surface area contributed by atoms with Crippen LogP contribution in [-0.4, -0.2) is 16.2 Å². The molecule has 2 aromatic rings. The number of carbonyl (C=O) groups is 1. The van der Waals surface area contributed by atoms with E-state index in [0.29, 0.717) is 16.2 Å². The number of ether oxygens (including phenoxy) is 1. The minimum Gasteiger partial charge on any atom is -0.489 e. The molecular weight excluding hydrogens is 288 g/mol. The summed E-state index contributed by atoms with van der Waals surface area (Å²) in [5.74, 6) is -0.272. The van der Waals surface area contributed by atoms with Gasteiger partial charge in [0.25, 0.3) is 0 Å². The van der Waals surface area contributed by atoms with Crippen LogP contribution in [0.3, 0.4) is 0 Å². The van der Waals surface area contributed by atoms with Crippen LogP contribution in [0.1, 0.15) is 46.7 Å². The molecule has 0 bridgehead atoms. The zero-order valence-corrected chi connectivity index (χ0v) is 12.6. The van der Waals surface area contributed by atoms with Crippen LogP contribution in [0.4, 0.5) is 0 Å². The second kappa shape index (κ2) is 7.24. The first kappa shape index (κ1) is 15.5. The fourth-order valence-corrected chi connectivity index (χ4v) is 2.77. The Labute approximate surface area is 127 Å². The van der Waals surface area contributed by atoms with Crippen molar-refractivity contribution in [1.29, 1.82) is 0 Å². The Hall–Kier alpha value is -1.85. The Morgan fingerprint density at radius 3 is 2.62 bits per heavy atom. The fraction of sp³-hybridized carbons (Fsp3) is 0.312. The van der Waals surface area contributed by atoms with Gasteiger partial charge in [-0.1, -0.05) is 25.5 Å². The van der Waals surface area contributed by atoms with E-state index >= 15 is 0 Å². The van der Waals surface area contributed by atoms with Crippen LogP contribution in [0.15, 0.2) is 35.7 Å². The number of carboxylic acids is 1. The molecule has 1 heterocycles. The Bertz CT molecular complexity index is 589. The SMILES string of the molecule is CCCC(O)c1ccc(OCc2ccsc2C(=O)O)cc1. The average Bonchev–Trinajstić information content (AvgIpc) is 2.94. The molecule has 2 N–H and O–H groups in total. The monoisotopic (exact) mass is 306 g/mol. The van der Waals surface area contributed by atoms with Crippen LogP contribution in [0, 0.1) is 0 Å². The van der Waals surface area contributed by atoms with Gasteiger partial charge in [-0.2, -0.15) is 0 Å². The third-order valence-electron chi connectivity index (χ3n) is 3.16. The topological polar surface area (TPSA) is 66.8 Å². The van der Waals surface area contributed by atoms with Crippen LogP contribution < -0.4 is 4.74 Å². The molecule has 0 saturated heterocycles. The van der Waals surface area contributed by atoms with Crippen LogP contribution >= 0.6 is 11.3 Å². The third-order valence-corrected chi connectivity index (χ3v) is 4.11. The fourth-order valence-electron chi connectivity index (χ4n) is 2.02. The molecule has 0 amide bonds. The van der Waals surface area contributed by atoms with Crippen molar-refractivity contribution in [2.45, 2.75) is 32.5 Å². The number of thiophene rings is 1. The zero-order chi connectivity index (χ0) is 15.2. The average molecular weight is 306 g/mol. The molecule has 1 unspecified atom stereocenters. The van der Waals surface area contributed by atoms with Gasteiger partial charge in [0.2, 0.25) is 0 Å². The molecular formula is C16H18O4S. The van der Waals surface area contributed by atoms with Gasteiger partial charge in [-0.05, 0) is 35.6 Å². The maximum Gasteiger partial charge on any atom is 0.346 e. The Morgan fingerprint density at radius 1 is 1.29 bits per heavy atom. The van der Waals surface area contributed by atoms with Crippen LogP contribution in [-0.2, 0) is 6.61 Å². The standard InChI is InChI=1S/C16H18O4S/c1-2-3-14(17)11-4-6-13(7-5-11)20-10-12-8-9-21-15(12)16(18)19/h4-9,14,17H,2-3,10H2,1H3,(H,18,19). The molecule has 0 radical (unpaired) electrons. The molecule has 5 heteroatoms. The molecule has 1 aromatic carbocycles. The zero-order valence-electron chi connectivity index (χ0n) is 11.8. The number of rotatable bonds is 7. The van der Waals surface area contributed by atoms with Crippen LogP contribution in [0.5, 0.6) is 5.75 Å². The first-order valence-corrected chi connectivity index (χ1v) is 7.70. The minimum atomic E-state index is -0.929. The van der Waals surface area contributed by atoms with Crippen LogP contribution in [0.25, 0.3) is 0 Å². The molecule has 112 valence electrons. The summed E-state index contributed by atoms with van der Waals surface area (Å²) >= 11 is 1.19. The Kier molecular flexibility index (Phi) is 5.36. The first-order chi connectivity index (χ1) is 10.1. The van der Waals surface area contributed by atoms with E-state index in [1.54, 1.807) is 23.6 Å². The van der Waals surface area contributed by atoms with Gasteiger partial charge in [0.15, 0.2) is 0 Å². The number of carboxylic acid groups (broad SMARTS) is 1. The predicted molar refractivity (Wildman–Crippen MR) is 81.9 cm³/mol. The normalized spacial score (nSPS) is 12.1. The van der Waals surface area contributed by atoms with Crippen molar-refractivity contribution >= 4 is 17.3 Å². The lowest BCUT2D eigenvalue weighted by Gasteiger charge is -2.11. The van der Waals surface area contributed by atoms with Crippen molar-refractivity contribution in [2.24, 2.45) is 0 Å². The lowest BCUT2D eigenvalue weighted by molar-refractivity contribution is 0.0699. The highest BCUT2D eigenvalue weighted by atomic mass is 32.1. The van der Waals surface area contributed by atoms with E-state index in [4.69, 9.17) is 9.84 Å². The highest BCUT2D eigenvalue weighted by molar-refractivity contribution is 7.12. The van der Waals surface area contributed by atoms with Gasteiger partial charge in [0.05, 0.1) is 6.10 Å². The minimum absolute atomic E-state index is 0.224. The number of aliphatic hydroxyl groups excluding tert-OH is 1. The summed E-state index contributed by atoms with van der Waals surface area (Å²) < 4.78 is 5.60. The summed E-state index contributed by atoms with van der Waals surface area (Å²) in [6, 6.07) is 9.01. The molecule has 0 saturated carbocycles. The summed E-state index contributed by atoms with van der Waals surface area (Å²) in [6.45, 7) is 2.25. The number of aliphatic hydroxyl groups is 1. The third kappa shape index (κ3) is 4.06. The second-order valence-corrected chi connectivity index (χ2v) is 5.66.